The average molecular weight is 201 g/mol. The van der Waals surface area contributed by atoms with E-state index in [2.05, 4.69) is 10.1 Å². The number of esters is 1. The molecule has 4 heteroatoms. The Bertz CT molecular complexity index is 202. The number of rotatable bonds is 5. The zero-order chi connectivity index (χ0) is 11.1. The maximum Gasteiger partial charge on any atom is 0.328 e. The van der Waals surface area contributed by atoms with E-state index in [-0.39, 0.29) is 11.9 Å². The van der Waals surface area contributed by atoms with E-state index in [0.29, 0.717) is 18.8 Å². The molecule has 14 heavy (non-hydrogen) atoms. The van der Waals surface area contributed by atoms with Gasteiger partial charge in [0.2, 0.25) is 5.91 Å². The summed E-state index contributed by atoms with van der Waals surface area (Å²) in [5, 5.41) is 2.64. The van der Waals surface area contributed by atoms with Crippen LogP contribution in [0.2, 0.25) is 0 Å². The lowest BCUT2D eigenvalue weighted by Gasteiger charge is -2.17. The lowest BCUT2D eigenvalue weighted by Crippen LogP contribution is -2.42. The standard InChI is InChI=1S/C10H19NO3/c1-5-9(12)11-8(6-7(2)3)10(13)14-4/h7-8H,5-6H2,1-4H3,(H,11,12). The van der Waals surface area contributed by atoms with Crippen LogP contribution in [0, 0.1) is 5.92 Å². The molecule has 0 aliphatic rings. The van der Waals surface area contributed by atoms with Crippen molar-refractivity contribution in [3.05, 3.63) is 0 Å². The van der Waals surface area contributed by atoms with Gasteiger partial charge >= 0.3 is 5.97 Å². The Morgan fingerprint density at radius 1 is 1.36 bits per heavy atom. The Balaban J connectivity index is 4.24. The Morgan fingerprint density at radius 2 is 1.93 bits per heavy atom. The molecular weight excluding hydrogens is 182 g/mol. The largest absolute Gasteiger partial charge is 0.467 e. The Kier molecular flexibility index (Phi) is 5.92. The van der Waals surface area contributed by atoms with Crippen LogP contribution in [0.3, 0.4) is 0 Å². The topological polar surface area (TPSA) is 55.4 Å². The number of hydrogen-bond acceptors (Lipinski definition) is 3. The second-order valence-electron chi connectivity index (χ2n) is 3.63. The molecule has 0 rings (SSSR count). The summed E-state index contributed by atoms with van der Waals surface area (Å²) in [5.74, 6) is -0.155. The van der Waals surface area contributed by atoms with Gasteiger partial charge in [-0.25, -0.2) is 4.79 Å². The minimum absolute atomic E-state index is 0.124. The van der Waals surface area contributed by atoms with Crippen molar-refractivity contribution in [1.29, 1.82) is 0 Å². The molecule has 1 unspecified atom stereocenters. The van der Waals surface area contributed by atoms with E-state index in [4.69, 9.17) is 0 Å². The average Bonchev–Trinajstić information content (AvgIpc) is 2.14. The molecule has 0 aliphatic carbocycles. The first kappa shape index (κ1) is 12.9. The normalized spacial score (nSPS) is 12.4. The zero-order valence-corrected chi connectivity index (χ0v) is 9.29. The maximum absolute atomic E-state index is 11.3. The molecule has 82 valence electrons. The Labute approximate surface area is 85.0 Å². The van der Waals surface area contributed by atoms with Crippen molar-refractivity contribution in [3.63, 3.8) is 0 Å². The van der Waals surface area contributed by atoms with Crippen molar-refractivity contribution >= 4 is 11.9 Å². The first-order valence-electron chi connectivity index (χ1n) is 4.88. The predicted octanol–water partition coefficient (Wildman–Crippen LogP) is 1.10. The number of ether oxygens (including phenoxy) is 1. The highest BCUT2D eigenvalue weighted by Gasteiger charge is 2.21. The van der Waals surface area contributed by atoms with E-state index in [1.165, 1.54) is 7.11 Å². The van der Waals surface area contributed by atoms with Crippen LogP contribution in [-0.4, -0.2) is 25.0 Å². The summed E-state index contributed by atoms with van der Waals surface area (Å²) >= 11 is 0. The summed E-state index contributed by atoms with van der Waals surface area (Å²) in [6.45, 7) is 5.74. The van der Waals surface area contributed by atoms with Gasteiger partial charge in [0.05, 0.1) is 7.11 Å². The van der Waals surface area contributed by atoms with Gasteiger partial charge in [-0.1, -0.05) is 20.8 Å². The first-order valence-corrected chi connectivity index (χ1v) is 4.88. The van der Waals surface area contributed by atoms with Gasteiger partial charge in [-0.05, 0) is 12.3 Å². The van der Waals surface area contributed by atoms with Gasteiger partial charge in [-0.15, -0.1) is 0 Å². The molecule has 0 aromatic heterocycles. The third kappa shape index (κ3) is 4.84. The maximum atomic E-state index is 11.3. The van der Waals surface area contributed by atoms with Crippen LogP contribution in [0.4, 0.5) is 0 Å². The molecule has 0 heterocycles. The molecule has 0 aliphatic heterocycles. The van der Waals surface area contributed by atoms with E-state index in [1.807, 2.05) is 13.8 Å². The predicted molar refractivity (Wildman–Crippen MR) is 53.7 cm³/mol. The highest BCUT2D eigenvalue weighted by Crippen LogP contribution is 2.06. The van der Waals surface area contributed by atoms with Crippen molar-refractivity contribution in [2.75, 3.05) is 7.11 Å². The van der Waals surface area contributed by atoms with Gasteiger partial charge in [0.15, 0.2) is 0 Å². The Morgan fingerprint density at radius 3 is 2.29 bits per heavy atom. The van der Waals surface area contributed by atoms with Crippen LogP contribution in [0.5, 0.6) is 0 Å². The van der Waals surface area contributed by atoms with Crippen molar-refractivity contribution in [3.8, 4) is 0 Å². The molecule has 4 nitrogen and oxygen atoms in total. The molecule has 0 bridgehead atoms. The number of amides is 1. The van der Waals surface area contributed by atoms with Crippen LogP contribution in [0.15, 0.2) is 0 Å². The van der Waals surface area contributed by atoms with Gasteiger partial charge in [-0.3, -0.25) is 4.79 Å². The third-order valence-electron chi connectivity index (χ3n) is 1.85. The molecule has 0 aromatic carbocycles. The molecular formula is C10H19NO3. The number of carbonyl (C=O) groups excluding carboxylic acids is 2. The second-order valence-corrected chi connectivity index (χ2v) is 3.63. The number of methoxy groups -OCH3 is 1. The van der Waals surface area contributed by atoms with Crippen LogP contribution < -0.4 is 5.32 Å². The highest BCUT2D eigenvalue weighted by atomic mass is 16.5. The van der Waals surface area contributed by atoms with Gasteiger partial charge < -0.3 is 10.1 Å². The quantitative estimate of drug-likeness (QED) is 0.678. The van der Waals surface area contributed by atoms with E-state index in [9.17, 15) is 9.59 Å². The van der Waals surface area contributed by atoms with E-state index < -0.39 is 6.04 Å². The smallest absolute Gasteiger partial charge is 0.328 e. The van der Waals surface area contributed by atoms with Gasteiger partial charge in [0, 0.05) is 6.42 Å². The van der Waals surface area contributed by atoms with Crippen LogP contribution >= 0.6 is 0 Å². The molecule has 0 radical (unpaired) electrons. The zero-order valence-electron chi connectivity index (χ0n) is 9.29. The molecule has 0 fully saturated rings. The minimum Gasteiger partial charge on any atom is -0.467 e. The minimum atomic E-state index is -0.507. The van der Waals surface area contributed by atoms with Gasteiger partial charge in [-0.2, -0.15) is 0 Å². The lowest BCUT2D eigenvalue weighted by molar-refractivity contribution is -0.145. The van der Waals surface area contributed by atoms with Crippen LogP contribution in [0.1, 0.15) is 33.6 Å². The molecule has 0 aromatic rings. The number of hydrogen-bond donors (Lipinski definition) is 1. The van der Waals surface area contributed by atoms with Crippen LogP contribution in [0.25, 0.3) is 0 Å². The summed E-state index contributed by atoms with van der Waals surface area (Å²) in [5.41, 5.74) is 0. The Hall–Kier alpha value is -1.06. The summed E-state index contributed by atoms with van der Waals surface area (Å²) < 4.78 is 4.60. The summed E-state index contributed by atoms with van der Waals surface area (Å²) in [6, 6.07) is -0.507. The lowest BCUT2D eigenvalue weighted by atomic mass is 10.0. The molecule has 1 amide bonds. The summed E-state index contributed by atoms with van der Waals surface area (Å²) in [7, 11) is 1.33. The SMILES string of the molecule is CCC(=O)NC(CC(C)C)C(=O)OC. The number of carbonyl (C=O) groups is 2. The van der Waals surface area contributed by atoms with Gasteiger partial charge in [0.25, 0.3) is 0 Å². The third-order valence-corrected chi connectivity index (χ3v) is 1.85. The van der Waals surface area contributed by atoms with Crippen molar-refractivity contribution in [2.45, 2.75) is 39.7 Å². The van der Waals surface area contributed by atoms with E-state index in [1.54, 1.807) is 6.92 Å². The van der Waals surface area contributed by atoms with Crippen molar-refractivity contribution in [1.82, 2.24) is 5.32 Å². The molecule has 0 saturated heterocycles. The highest BCUT2D eigenvalue weighted by molar-refractivity contribution is 5.84. The first-order chi connectivity index (χ1) is 6.51. The molecule has 0 saturated carbocycles. The fourth-order valence-corrected chi connectivity index (χ4v) is 1.12. The van der Waals surface area contributed by atoms with Crippen molar-refractivity contribution in [2.24, 2.45) is 5.92 Å². The second kappa shape index (κ2) is 6.40. The summed E-state index contributed by atoms with van der Waals surface area (Å²) in [4.78, 5) is 22.4. The van der Waals surface area contributed by atoms with Gasteiger partial charge in [0.1, 0.15) is 6.04 Å². The van der Waals surface area contributed by atoms with E-state index in [0.717, 1.165) is 0 Å². The summed E-state index contributed by atoms with van der Waals surface area (Å²) in [6.07, 6.45) is 0.990. The van der Waals surface area contributed by atoms with Crippen molar-refractivity contribution < 1.29 is 14.3 Å². The fourth-order valence-electron chi connectivity index (χ4n) is 1.12. The molecule has 0 spiro atoms. The fraction of sp³-hybridized carbons (Fsp3) is 0.800. The van der Waals surface area contributed by atoms with Crippen LogP contribution in [-0.2, 0) is 14.3 Å². The monoisotopic (exact) mass is 201 g/mol. The van der Waals surface area contributed by atoms with E-state index >= 15 is 0 Å². The number of nitrogens with one attached hydrogen (secondary N) is 1. The molecule has 1 N–H and O–H groups in total. The molecule has 1 atom stereocenters.